The van der Waals surface area contributed by atoms with Crippen LogP contribution in [0, 0.1) is 0 Å². The molecule has 0 bridgehead atoms. The van der Waals surface area contributed by atoms with Crippen LogP contribution in [0.3, 0.4) is 0 Å². The lowest BCUT2D eigenvalue weighted by Gasteiger charge is -2.24. The minimum atomic E-state index is 0.602. The molecule has 0 aliphatic heterocycles. The second-order valence-electron chi connectivity index (χ2n) is 3.11. The van der Waals surface area contributed by atoms with Gasteiger partial charge in [-0.3, -0.25) is 10.4 Å². The van der Waals surface area contributed by atoms with E-state index >= 15 is 0 Å². The zero-order valence-corrected chi connectivity index (χ0v) is 8.29. The summed E-state index contributed by atoms with van der Waals surface area (Å²) >= 11 is 0. The first-order valence-corrected chi connectivity index (χ1v) is 4.52. The molecule has 1 rings (SSSR count). The van der Waals surface area contributed by atoms with Crippen LogP contribution in [0.4, 0.5) is 0 Å². The number of hydrogen-bond donors (Lipinski definition) is 2. The summed E-state index contributed by atoms with van der Waals surface area (Å²) in [6, 6.07) is 0.602. The number of hydrazine groups is 1. The third kappa shape index (κ3) is 2.86. The maximum Gasteiger partial charge on any atom is 0.208 e. The summed E-state index contributed by atoms with van der Waals surface area (Å²) in [5.74, 6) is 6.11. The number of aliphatic imine (C=N–C) groups is 1. The molecule has 0 spiro atoms. The molecule has 1 aliphatic rings. The molecule has 0 heterocycles. The molecule has 0 radical (unpaired) electrons. The van der Waals surface area contributed by atoms with Crippen LogP contribution >= 0.6 is 0 Å². The van der Waals surface area contributed by atoms with Crippen molar-refractivity contribution in [1.82, 2.24) is 10.3 Å². The smallest absolute Gasteiger partial charge is 0.208 e. The topological polar surface area (TPSA) is 62.9 Å². The summed E-state index contributed by atoms with van der Waals surface area (Å²) in [6.45, 7) is 1.55. The average Bonchev–Trinajstić information content (AvgIpc) is 2.95. The molecule has 1 aliphatic carbocycles. The quantitative estimate of drug-likeness (QED) is 0.270. The first-order chi connectivity index (χ1) is 6.33. The van der Waals surface area contributed by atoms with E-state index in [1.165, 1.54) is 12.8 Å². The van der Waals surface area contributed by atoms with E-state index in [1.807, 2.05) is 0 Å². The third-order valence-corrected chi connectivity index (χ3v) is 2.14. The predicted octanol–water partition coefficient (Wildman–Crippen LogP) is -0.454. The molecule has 0 aromatic rings. The van der Waals surface area contributed by atoms with Gasteiger partial charge in [-0.2, -0.15) is 0 Å². The Labute approximate surface area is 78.9 Å². The van der Waals surface area contributed by atoms with E-state index in [-0.39, 0.29) is 0 Å². The van der Waals surface area contributed by atoms with Gasteiger partial charge < -0.3 is 9.64 Å². The Bertz CT molecular complexity index is 179. The number of nitrogens with two attached hydrogens (primary N) is 1. The fourth-order valence-corrected chi connectivity index (χ4v) is 1.31. The molecular formula is C8H18N4O. The molecule has 5 nitrogen and oxygen atoms in total. The molecule has 3 N–H and O–H groups in total. The van der Waals surface area contributed by atoms with Crippen molar-refractivity contribution in [1.29, 1.82) is 0 Å². The van der Waals surface area contributed by atoms with Crippen LogP contribution in [0.1, 0.15) is 12.8 Å². The highest BCUT2D eigenvalue weighted by molar-refractivity contribution is 5.79. The van der Waals surface area contributed by atoms with Gasteiger partial charge in [0.05, 0.1) is 6.61 Å². The van der Waals surface area contributed by atoms with Crippen LogP contribution in [0.15, 0.2) is 4.99 Å². The molecule has 0 saturated heterocycles. The molecule has 1 saturated carbocycles. The number of guanidine groups is 1. The van der Waals surface area contributed by atoms with Crippen LogP contribution in [-0.2, 0) is 4.74 Å². The third-order valence-electron chi connectivity index (χ3n) is 2.14. The Morgan fingerprint density at radius 2 is 2.38 bits per heavy atom. The number of rotatable bonds is 4. The van der Waals surface area contributed by atoms with E-state index in [0.717, 1.165) is 12.5 Å². The predicted molar refractivity (Wildman–Crippen MR) is 52.3 cm³/mol. The van der Waals surface area contributed by atoms with E-state index in [1.54, 1.807) is 14.2 Å². The normalized spacial score (nSPS) is 17.3. The fourth-order valence-electron chi connectivity index (χ4n) is 1.31. The molecule has 76 valence electrons. The summed E-state index contributed by atoms with van der Waals surface area (Å²) in [5, 5.41) is 0. The highest BCUT2D eigenvalue weighted by Gasteiger charge is 2.30. The molecule has 1 fully saturated rings. The van der Waals surface area contributed by atoms with Gasteiger partial charge in [-0.25, -0.2) is 5.84 Å². The zero-order chi connectivity index (χ0) is 9.68. The van der Waals surface area contributed by atoms with Gasteiger partial charge in [0.25, 0.3) is 0 Å². The number of ether oxygens (including phenoxy) is 1. The van der Waals surface area contributed by atoms with Crippen molar-refractivity contribution >= 4 is 5.96 Å². The Balaban J connectivity index is 2.45. The van der Waals surface area contributed by atoms with Crippen LogP contribution in [0.5, 0.6) is 0 Å². The van der Waals surface area contributed by atoms with Crippen LogP contribution in [-0.4, -0.2) is 44.2 Å². The van der Waals surface area contributed by atoms with Crippen molar-refractivity contribution < 1.29 is 4.74 Å². The molecule has 13 heavy (non-hydrogen) atoms. The van der Waals surface area contributed by atoms with Gasteiger partial charge in [-0.05, 0) is 12.8 Å². The highest BCUT2D eigenvalue weighted by atomic mass is 16.5. The van der Waals surface area contributed by atoms with Crippen molar-refractivity contribution in [3.63, 3.8) is 0 Å². The van der Waals surface area contributed by atoms with E-state index in [2.05, 4.69) is 15.3 Å². The van der Waals surface area contributed by atoms with Gasteiger partial charge in [0.15, 0.2) is 0 Å². The highest BCUT2D eigenvalue weighted by Crippen LogP contribution is 2.26. The van der Waals surface area contributed by atoms with Gasteiger partial charge in [-0.15, -0.1) is 0 Å². The molecule has 0 aromatic heterocycles. The SMILES string of the molecule is CN=C(NN)N(CCOC)C1CC1. The molecule has 0 aromatic carbocycles. The summed E-state index contributed by atoms with van der Waals surface area (Å²) in [5.41, 5.74) is 2.60. The van der Waals surface area contributed by atoms with E-state index in [0.29, 0.717) is 12.6 Å². The van der Waals surface area contributed by atoms with Gasteiger partial charge in [0, 0.05) is 26.7 Å². The van der Waals surface area contributed by atoms with Crippen molar-refractivity contribution in [2.75, 3.05) is 27.3 Å². The summed E-state index contributed by atoms with van der Waals surface area (Å²) in [6.07, 6.45) is 2.45. The van der Waals surface area contributed by atoms with Crippen LogP contribution in [0.25, 0.3) is 0 Å². The number of nitrogens with zero attached hydrogens (tertiary/aromatic N) is 2. The second-order valence-corrected chi connectivity index (χ2v) is 3.11. The minimum absolute atomic E-state index is 0.602. The standard InChI is InChI=1S/C8H18N4O/c1-10-8(11-9)12(5-6-13-2)7-3-4-7/h7H,3-6,9H2,1-2H3,(H,10,11). The number of methoxy groups -OCH3 is 1. The summed E-state index contributed by atoms with van der Waals surface area (Å²) in [4.78, 5) is 6.23. The minimum Gasteiger partial charge on any atom is -0.383 e. The van der Waals surface area contributed by atoms with Gasteiger partial charge in [-0.1, -0.05) is 0 Å². The lowest BCUT2D eigenvalue weighted by Crippen LogP contribution is -2.47. The maximum atomic E-state index is 5.36. The van der Waals surface area contributed by atoms with Crippen LogP contribution < -0.4 is 11.3 Å². The van der Waals surface area contributed by atoms with E-state index in [4.69, 9.17) is 10.6 Å². The van der Waals surface area contributed by atoms with Gasteiger partial charge >= 0.3 is 0 Å². The molecule has 0 amide bonds. The van der Waals surface area contributed by atoms with E-state index in [9.17, 15) is 0 Å². The summed E-state index contributed by atoms with van der Waals surface area (Å²) < 4.78 is 5.02. The average molecular weight is 186 g/mol. The van der Waals surface area contributed by atoms with Crippen molar-refractivity contribution in [2.24, 2.45) is 10.8 Å². The summed E-state index contributed by atoms with van der Waals surface area (Å²) in [7, 11) is 3.43. The number of hydrogen-bond acceptors (Lipinski definition) is 3. The molecular weight excluding hydrogens is 168 g/mol. The van der Waals surface area contributed by atoms with Crippen molar-refractivity contribution in [2.45, 2.75) is 18.9 Å². The monoisotopic (exact) mass is 186 g/mol. The lowest BCUT2D eigenvalue weighted by atomic mass is 10.5. The first-order valence-electron chi connectivity index (χ1n) is 4.52. The van der Waals surface area contributed by atoms with Crippen LogP contribution in [0.2, 0.25) is 0 Å². The number of nitrogens with one attached hydrogen (secondary N) is 1. The molecule has 0 unspecified atom stereocenters. The second kappa shape index (κ2) is 5.04. The molecule has 5 heteroatoms. The van der Waals surface area contributed by atoms with E-state index < -0.39 is 0 Å². The zero-order valence-electron chi connectivity index (χ0n) is 8.29. The Kier molecular flexibility index (Phi) is 3.98. The Morgan fingerprint density at radius 3 is 2.77 bits per heavy atom. The largest absolute Gasteiger partial charge is 0.383 e. The first kappa shape index (κ1) is 10.3. The Hall–Kier alpha value is -0.810. The fraction of sp³-hybridized carbons (Fsp3) is 0.875. The van der Waals surface area contributed by atoms with Gasteiger partial charge in [0.2, 0.25) is 5.96 Å². The lowest BCUT2D eigenvalue weighted by molar-refractivity contribution is 0.172. The Morgan fingerprint density at radius 1 is 1.69 bits per heavy atom. The van der Waals surface area contributed by atoms with Crippen molar-refractivity contribution in [3.8, 4) is 0 Å². The molecule has 0 atom stereocenters. The van der Waals surface area contributed by atoms with Crippen molar-refractivity contribution in [3.05, 3.63) is 0 Å². The van der Waals surface area contributed by atoms with Gasteiger partial charge in [0.1, 0.15) is 0 Å². The maximum absolute atomic E-state index is 5.36.